The van der Waals surface area contributed by atoms with Crippen LogP contribution in [0.25, 0.3) is 0 Å². The molecule has 140 valence electrons. The normalized spacial score (nSPS) is 10.6. The highest BCUT2D eigenvalue weighted by Crippen LogP contribution is 2.17. The predicted molar refractivity (Wildman–Crippen MR) is 109 cm³/mol. The topological polar surface area (TPSA) is 90.8 Å². The van der Waals surface area contributed by atoms with Gasteiger partial charge in [-0.15, -0.1) is 0 Å². The summed E-state index contributed by atoms with van der Waals surface area (Å²) in [6, 6.07) is 20.5. The first-order valence-corrected chi connectivity index (χ1v) is 8.63. The van der Waals surface area contributed by atoms with Gasteiger partial charge in [0, 0.05) is 11.1 Å². The fourth-order valence-corrected chi connectivity index (χ4v) is 2.59. The van der Waals surface area contributed by atoms with E-state index in [4.69, 9.17) is 0 Å². The van der Waals surface area contributed by atoms with E-state index in [9.17, 15) is 14.7 Å². The second-order valence-electron chi connectivity index (χ2n) is 6.13. The second-order valence-corrected chi connectivity index (χ2v) is 6.13. The third kappa shape index (κ3) is 4.62. The van der Waals surface area contributed by atoms with Gasteiger partial charge in [-0.2, -0.15) is 5.10 Å². The monoisotopic (exact) mass is 373 g/mol. The number of hydrogen-bond acceptors (Lipinski definition) is 4. The van der Waals surface area contributed by atoms with Crippen LogP contribution in [-0.2, 0) is 0 Å². The Morgan fingerprint density at radius 2 is 1.68 bits per heavy atom. The zero-order valence-corrected chi connectivity index (χ0v) is 15.2. The van der Waals surface area contributed by atoms with Gasteiger partial charge in [-0.3, -0.25) is 9.59 Å². The Balaban J connectivity index is 1.73. The van der Waals surface area contributed by atoms with Crippen LogP contribution >= 0.6 is 0 Å². The lowest BCUT2D eigenvalue weighted by molar-refractivity contribution is 0.0956. The van der Waals surface area contributed by atoms with Crippen LogP contribution in [0.4, 0.5) is 5.69 Å². The molecule has 0 heterocycles. The van der Waals surface area contributed by atoms with Gasteiger partial charge in [0.25, 0.3) is 11.8 Å². The molecule has 2 amide bonds. The van der Waals surface area contributed by atoms with Gasteiger partial charge in [-0.1, -0.05) is 42.0 Å². The second kappa shape index (κ2) is 8.64. The number of benzene rings is 3. The summed E-state index contributed by atoms with van der Waals surface area (Å²) in [5.74, 6) is -0.722. The number of phenolic OH excluding ortho intramolecular Hbond substituents is 1. The van der Waals surface area contributed by atoms with Crippen molar-refractivity contribution in [2.75, 3.05) is 5.32 Å². The Hall–Kier alpha value is -3.93. The van der Waals surface area contributed by atoms with Gasteiger partial charge < -0.3 is 10.4 Å². The molecule has 0 atom stereocenters. The van der Waals surface area contributed by atoms with E-state index in [0.717, 1.165) is 5.56 Å². The number of carbonyl (C=O) groups is 2. The number of nitrogens with one attached hydrogen (secondary N) is 2. The lowest BCUT2D eigenvalue weighted by Gasteiger charge is -2.10. The highest BCUT2D eigenvalue weighted by atomic mass is 16.3. The summed E-state index contributed by atoms with van der Waals surface area (Å²) in [5.41, 5.74) is 5.01. The first-order valence-electron chi connectivity index (χ1n) is 8.63. The van der Waals surface area contributed by atoms with Crippen molar-refractivity contribution in [3.8, 4) is 5.75 Å². The lowest BCUT2D eigenvalue weighted by atomic mass is 10.1. The molecule has 0 aliphatic carbocycles. The van der Waals surface area contributed by atoms with Crippen molar-refractivity contribution in [2.24, 2.45) is 5.10 Å². The number of hydrazone groups is 1. The zero-order chi connectivity index (χ0) is 19.9. The summed E-state index contributed by atoms with van der Waals surface area (Å²) in [4.78, 5) is 25.0. The molecule has 3 aromatic rings. The average Bonchev–Trinajstić information content (AvgIpc) is 2.69. The Labute approximate surface area is 162 Å². The molecule has 0 saturated carbocycles. The van der Waals surface area contributed by atoms with E-state index in [-0.39, 0.29) is 17.2 Å². The summed E-state index contributed by atoms with van der Waals surface area (Å²) < 4.78 is 0. The molecule has 0 bridgehead atoms. The number of nitrogens with zero attached hydrogens (tertiary/aromatic N) is 1. The Bertz CT molecular complexity index is 1040. The summed E-state index contributed by atoms with van der Waals surface area (Å²) >= 11 is 0. The highest BCUT2D eigenvalue weighted by molar-refractivity contribution is 6.09. The molecule has 3 aromatic carbocycles. The van der Waals surface area contributed by atoms with Gasteiger partial charge in [0.15, 0.2) is 0 Å². The van der Waals surface area contributed by atoms with Crippen LogP contribution in [-0.4, -0.2) is 23.1 Å². The number of rotatable bonds is 5. The molecule has 0 fully saturated rings. The van der Waals surface area contributed by atoms with Crippen LogP contribution in [0.15, 0.2) is 77.9 Å². The third-order valence-corrected chi connectivity index (χ3v) is 4.01. The van der Waals surface area contributed by atoms with Crippen molar-refractivity contribution in [1.82, 2.24) is 5.43 Å². The standard InChI is InChI=1S/C22H19N3O3/c1-15-7-6-9-16(13-15)21(27)24-19-11-4-3-10-18(19)22(28)25-23-14-17-8-2-5-12-20(17)26/h2-14,26H,1H3,(H,24,27)(H,25,28)/b23-14-. The summed E-state index contributed by atoms with van der Waals surface area (Å²) in [6.07, 6.45) is 1.35. The van der Waals surface area contributed by atoms with E-state index in [2.05, 4.69) is 15.8 Å². The van der Waals surface area contributed by atoms with E-state index in [0.29, 0.717) is 16.8 Å². The third-order valence-electron chi connectivity index (χ3n) is 4.01. The number of carbonyl (C=O) groups excluding carboxylic acids is 2. The first-order chi connectivity index (χ1) is 13.5. The van der Waals surface area contributed by atoms with E-state index >= 15 is 0 Å². The Morgan fingerprint density at radius 3 is 2.46 bits per heavy atom. The molecule has 3 rings (SSSR count). The van der Waals surface area contributed by atoms with Crippen LogP contribution in [0.2, 0.25) is 0 Å². The molecule has 6 nitrogen and oxygen atoms in total. The van der Waals surface area contributed by atoms with E-state index < -0.39 is 5.91 Å². The van der Waals surface area contributed by atoms with E-state index in [1.807, 2.05) is 13.0 Å². The number of hydrogen-bond donors (Lipinski definition) is 3. The van der Waals surface area contributed by atoms with Gasteiger partial charge in [-0.25, -0.2) is 5.43 Å². The molecule has 6 heteroatoms. The molecule has 0 aliphatic heterocycles. The van der Waals surface area contributed by atoms with Crippen LogP contribution in [0.5, 0.6) is 5.75 Å². The Morgan fingerprint density at radius 1 is 0.929 bits per heavy atom. The van der Waals surface area contributed by atoms with Gasteiger partial charge in [0.1, 0.15) is 5.75 Å². The summed E-state index contributed by atoms with van der Waals surface area (Å²) in [5, 5.41) is 16.3. The fourth-order valence-electron chi connectivity index (χ4n) is 2.59. The number of phenols is 1. The van der Waals surface area contributed by atoms with Crippen LogP contribution in [0.1, 0.15) is 31.8 Å². The van der Waals surface area contributed by atoms with Crippen LogP contribution in [0.3, 0.4) is 0 Å². The van der Waals surface area contributed by atoms with Crippen LogP contribution in [0, 0.1) is 6.92 Å². The maximum Gasteiger partial charge on any atom is 0.273 e. The summed E-state index contributed by atoms with van der Waals surface area (Å²) in [6.45, 7) is 1.90. The van der Waals surface area contributed by atoms with Gasteiger partial charge >= 0.3 is 0 Å². The molecule has 0 saturated heterocycles. The molecule has 0 aliphatic rings. The van der Waals surface area contributed by atoms with E-state index in [1.54, 1.807) is 60.7 Å². The SMILES string of the molecule is Cc1cccc(C(=O)Nc2ccccc2C(=O)N/N=C\c2ccccc2O)c1. The van der Waals surface area contributed by atoms with Gasteiger partial charge in [-0.05, 0) is 43.3 Å². The number of aromatic hydroxyl groups is 1. The maximum absolute atomic E-state index is 12.5. The molecule has 3 N–H and O–H groups in total. The average molecular weight is 373 g/mol. The quantitative estimate of drug-likeness (QED) is 0.470. The van der Waals surface area contributed by atoms with Crippen molar-refractivity contribution < 1.29 is 14.7 Å². The minimum atomic E-state index is -0.480. The van der Waals surface area contributed by atoms with Crippen molar-refractivity contribution in [2.45, 2.75) is 6.92 Å². The molecule has 0 aromatic heterocycles. The first kappa shape index (κ1) is 18.8. The van der Waals surface area contributed by atoms with Crippen LogP contribution < -0.4 is 10.7 Å². The lowest BCUT2D eigenvalue weighted by Crippen LogP contribution is -2.21. The van der Waals surface area contributed by atoms with Crippen molar-refractivity contribution in [1.29, 1.82) is 0 Å². The Kier molecular flexibility index (Phi) is 5.81. The zero-order valence-electron chi connectivity index (χ0n) is 15.2. The number of aryl methyl sites for hydroxylation is 1. The van der Waals surface area contributed by atoms with Crippen molar-refractivity contribution in [3.63, 3.8) is 0 Å². The molecular formula is C22H19N3O3. The highest BCUT2D eigenvalue weighted by Gasteiger charge is 2.13. The van der Waals surface area contributed by atoms with Gasteiger partial charge in [0.2, 0.25) is 0 Å². The van der Waals surface area contributed by atoms with Crippen molar-refractivity contribution >= 4 is 23.7 Å². The number of amides is 2. The number of para-hydroxylation sites is 2. The molecule has 0 unspecified atom stereocenters. The molecule has 28 heavy (non-hydrogen) atoms. The molecular weight excluding hydrogens is 354 g/mol. The van der Waals surface area contributed by atoms with E-state index in [1.165, 1.54) is 12.3 Å². The molecule has 0 spiro atoms. The van der Waals surface area contributed by atoms with Gasteiger partial charge in [0.05, 0.1) is 17.5 Å². The molecule has 0 radical (unpaired) electrons. The predicted octanol–water partition coefficient (Wildman–Crippen LogP) is 3.72. The minimum Gasteiger partial charge on any atom is -0.507 e. The summed E-state index contributed by atoms with van der Waals surface area (Å²) in [7, 11) is 0. The maximum atomic E-state index is 12.5. The largest absolute Gasteiger partial charge is 0.507 e. The van der Waals surface area contributed by atoms with Crippen molar-refractivity contribution in [3.05, 3.63) is 95.1 Å². The fraction of sp³-hybridized carbons (Fsp3) is 0.0455. The number of anilines is 1. The minimum absolute atomic E-state index is 0.0614. The smallest absolute Gasteiger partial charge is 0.273 e.